The first-order valence-corrected chi connectivity index (χ1v) is 11.3. The molecule has 0 saturated carbocycles. The number of hydrogen-bond acceptors (Lipinski definition) is 7. The fraction of sp³-hybridized carbons (Fsp3) is 0.348. The van der Waals surface area contributed by atoms with E-state index in [1.54, 1.807) is 61.3 Å². The van der Waals surface area contributed by atoms with Gasteiger partial charge in [0.2, 0.25) is 0 Å². The Labute approximate surface area is 196 Å². The number of imidazole rings is 1. The van der Waals surface area contributed by atoms with Gasteiger partial charge in [0.15, 0.2) is 0 Å². The molecule has 0 fully saturated rings. The zero-order valence-corrected chi connectivity index (χ0v) is 20.3. The highest BCUT2D eigenvalue weighted by Crippen LogP contribution is 2.39. The molecule has 9 nitrogen and oxygen atoms in total. The molecule has 0 aliphatic rings. The van der Waals surface area contributed by atoms with Crippen LogP contribution in [-0.2, 0) is 7.05 Å². The number of aromatic nitrogens is 6. The number of methoxy groups -OCH3 is 1. The number of thioether (sulfide) groups is 1. The highest BCUT2D eigenvalue weighted by atomic mass is 32.2. The summed E-state index contributed by atoms with van der Waals surface area (Å²) >= 11 is 1.72. The summed E-state index contributed by atoms with van der Waals surface area (Å²) in [6, 6.07) is 5.08. The molecule has 0 aromatic carbocycles. The third kappa shape index (κ3) is 4.85. The van der Waals surface area contributed by atoms with E-state index < -0.39 is 0 Å². The van der Waals surface area contributed by atoms with Crippen molar-refractivity contribution in [2.45, 2.75) is 43.4 Å². The molecule has 0 saturated heterocycles. The minimum Gasteiger partial charge on any atom is -0.495 e. The van der Waals surface area contributed by atoms with Crippen LogP contribution in [0.4, 0.5) is 0 Å². The van der Waals surface area contributed by atoms with Gasteiger partial charge in [0.25, 0.3) is 5.91 Å². The van der Waals surface area contributed by atoms with Crippen molar-refractivity contribution in [3.63, 3.8) is 0 Å². The number of nitrogens with one attached hydrogen (secondary N) is 1. The highest BCUT2D eigenvalue weighted by Gasteiger charge is 2.21. The lowest BCUT2D eigenvalue weighted by molar-refractivity contribution is 0.0928. The van der Waals surface area contributed by atoms with Crippen molar-refractivity contribution < 1.29 is 9.53 Å². The second-order valence-corrected chi connectivity index (χ2v) is 10.5. The largest absolute Gasteiger partial charge is 0.495 e. The molecular formula is C23H27N7O2S. The van der Waals surface area contributed by atoms with Gasteiger partial charge in [-0.15, -0.1) is 11.8 Å². The topological polar surface area (TPSA) is 99.2 Å². The molecule has 10 heteroatoms. The monoisotopic (exact) mass is 465 g/mol. The summed E-state index contributed by atoms with van der Waals surface area (Å²) in [6.45, 7) is 8.31. The van der Waals surface area contributed by atoms with Crippen LogP contribution >= 0.6 is 11.8 Å². The van der Waals surface area contributed by atoms with Crippen LogP contribution in [0.5, 0.6) is 5.75 Å². The van der Waals surface area contributed by atoms with Crippen molar-refractivity contribution in [3.8, 4) is 17.1 Å². The molecule has 0 unspecified atom stereocenters. The van der Waals surface area contributed by atoms with E-state index in [9.17, 15) is 4.79 Å². The second kappa shape index (κ2) is 8.86. The van der Waals surface area contributed by atoms with Crippen molar-refractivity contribution in [1.29, 1.82) is 0 Å². The van der Waals surface area contributed by atoms with Crippen molar-refractivity contribution >= 4 is 23.3 Å². The van der Waals surface area contributed by atoms with Gasteiger partial charge in [-0.1, -0.05) is 20.8 Å². The number of carbonyl (C=O) groups is 1. The fourth-order valence-electron chi connectivity index (χ4n) is 3.42. The normalized spacial score (nSPS) is 12.7. The molecule has 0 radical (unpaired) electrons. The average molecular weight is 466 g/mol. The summed E-state index contributed by atoms with van der Waals surface area (Å²) in [5, 5.41) is 7.51. The summed E-state index contributed by atoms with van der Waals surface area (Å²) in [5.41, 5.74) is 2.61. The fourth-order valence-corrected chi connectivity index (χ4v) is 4.48. The van der Waals surface area contributed by atoms with Crippen molar-refractivity contribution in [1.82, 2.24) is 34.4 Å². The third-order valence-corrected chi connectivity index (χ3v) is 6.05. The summed E-state index contributed by atoms with van der Waals surface area (Å²) in [4.78, 5) is 26.8. The number of carbonyl (C=O) groups excluding carboxylic acids is 1. The predicted molar refractivity (Wildman–Crippen MR) is 127 cm³/mol. The van der Waals surface area contributed by atoms with Crippen molar-refractivity contribution in [2.75, 3.05) is 7.11 Å². The van der Waals surface area contributed by atoms with Gasteiger partial charge in [0.05, 0.1) is 29.9 Å². The third-order valence-electron chi connectivity index (χ3n) is 4.91. The van der Waals surface area contributed by atoms with E-state index in [2.05, 4.69) is 46.1 Å². The minimum absolute atomic E-state index is 0.0110. The molecule has 1 amide bonds. The number of ether oxygens (including phenoxy) is 1. The molecule has 4 aromatic heterocycles. The molecular weight excluding hydrogens is 438 g/mol. The molecule has 1 atom stereocenters. The molecule has 172 valence electrons. The lowest BCUT2D eigenvalue weighted by Crippen LogP contribution is -2.29. The van der Waals surface area contributed by atoms with Gasteiger partial charge < -0.3 is 10.1 Å². The van der Waals surface area contributed by atoms with E-state index in [4.69, 9.17) is 4.74 Å². The van der Waals surface area contributed by atoms with Gasteiger partial charge in [0.1, 0.15) is 28.6 Å². The van der Waals surface area contributed by atoms with Crippen LogP contribution in [0, 0.1) is 0 Å². The first kappa shape index (κ1) is 22.8. The van der Waals surface area contributed by atoms with Crippen LogP contribution in [0.25, 0.3) is 17.0 Å². The maximum absolute atomic E-state index is 12.9. The molecule has 0 aliphatic heterocycles. The van der Waals surface area contributed by atoms with Crippen molar-refractivity contribution in [2.24, 2.45) is 7.05 Å². The Hall–Kier alpha value is -3.40. The Morgan fingerprint density at radius 2 is 1.91 bits per heavy atom. The predicted octanol–water partition coefficient (Wildman–Crippen LogP) is 3.92. The number of pyridine rings is 1. The Kier molecular flexibility index (Phi) is 6.11. The van der Waals surface area contributed by atoms with E-state index in [0.717, 1.165) is 22.0 Å². The van der Waals surface area contributed by atoms with E-state index in [1.165, 1.54) is 0 Å². The summed E-state index contributed by atoms with van der Waals surface area (Å²) in [6.07, 6.45) is 7.07. The Balaban J connectivity index is 1.66. The van der Waals surface area contributed by atoms with Gasteiger partial charge in [0, 0.05) is 36.5 Å². The molecule has 0 bridgehead atoms. The Morgan fingerprint density at radius 1 is 1.18 bits per heavy atom. The van der Waals surface area contributed by atoms with Crippen LogP contribution in [-0.4, -0.2) is 46.9 Å². The number of fused-ring (bicyclic) bond motifs is 1. The summed E-state index contributed by atoms with van der Waals surface area (Å²) in [7, 11) is 3.41. The first-order valence-electron chi connectivity index (χ1n) is 10.5. The number of amides is 1. The van der Waals surface area contributed by atoms with Gasteiger partial charge in [-0.25, -0.2) is 15.0 Å². The maximum atomic E-state index is 12.9. The smallest absolute Gasteiger partial charge is 0.270 e. The first-order chi connectivity index (χ1) is 15.7. The zero-order chi connectivity index (χ0) is 23.8. The van der Waals surface area contributed by atoms with E-state index in [0.29, 0.717) is 17.2 Å². The Morgan fingerprint density at radius 3 is 2.58 bits per heavy atom. The highest BCUT2D eigenvalue weighted by molar-refractivity contribution is 8.00. The van der Waals surface area contributed by atoms with E-state index >= 15 is 0 Å². The van der Waals surface area contributed by atoms with Crippen LogP contribution in [0.1, 0.15) is 50.0 Å². The minimum atomic E-state index is -0.336. The molecule has 0 spiro atoms. The van der Waals surface area contributed by atoms with Gasteiger partial charge >= 0.3 is 0 Å². The van der Waals surface area contributed by atoms with Crippen LogP contribution in [0.2, 0.25) is 0 Å². The molecule has 0 aliphatic carbocycles. The lowest BCUT2D eigenvalue weighted by atomic mass is 10.2. The molecule has 4 aromatic rings. The number of hydrogen-bond donors (Lipinski definition) is 1. The second-order valence-electron chi connectivity index (χ2n) is 8.63. The van der Waals surface area contributed by atoms with Gasteiger partial charge in [-0.3, -0.25) is 13.9 Å². The van der Waals surface area contributed by atoms with E-state index in [-0.39, 0.29) is 16.7 Å². The molecule has 33 heavy (non-hydrogen) atoms. The van der Waals surface area contributed by atoms with E-state index in [1.807, 2.05) is 23.6 Å². The molecule has 1 N–H and O–H groups in total. The van der Waals surface area contributed by atoms with Crippen LogP contribution in [0.15, 0.2) is 47.9 Å². The maximum Gasteiger partial charge on any atom is 0.270 e. The Bertz CT molecular complexity index is 1290. The van der Waals surface area contributed by atoms with Gasteiger partial charge in [-0.2, -0.15) is 5.10 Å². The van der Waals surface area contributed by atoms with Crippen molar-refractivity contribution in [3.05, 3.63) is 54.5 Å². The van der Waals surface area contributed by atoms with Crippen LogP contribution in [0.3, 0.4) is 0 Å². The molecule has 4 rings (SSSR count). The number of rotatable bonds is 6. The quantitative estimate of drug-likeness (QED) is 0.431. The standard InChI is InChI=1S/C23H27N7O2S/c1-14(21-24-8-7-9-25-21)27-22(31)16-10-15(28-29(16)5)17-12-26-20-11-18(32-6)19(13-30(17)20)33-23(2,3)4/h7-14H,1-6H3,(H,27,31)/t14-/m1/s1. The SMILES string of the molecule is COc1cc2ncc(-c3cc(C(=O)N[C@H](C)c4ncccn4)n(C)n3)n2cc1SC(C)(C)C. The van der Waals surface area contributed by atoms with Crippen LogP contribution < -0.4 is 10.1 Å². The average Bonchev–Trinajstić information content (AvgIpc) is 3.35. The molecule has 4 heterocycles. The summed E-state index contributed by atoms with van der Waals surface area (Å²) in [5.74, 6) is 1.07. The zero-order valence-electron chi connectivity index (χ0n) is 19.5. The number of aryl methyl sites for hydroxylation is 1. The lowest BCUT2D eigenvalue weighted by Gasteiger charge is -2.19. The van der Waals surface area contributed by atoms with Gasteiger partial charge in [-0.05, 0) is 19.1 Å². The number of nitrogens with zero attached hydrogens (tertiary/aromatic N) is 6. The summed E-state index contributed by atoms with van der Waals surface area (Å²) < 4.78 is 9.14.